The van der Waals surface area contributed by atoms with E-state index in [2.05, 4.69) is 43.5 Å². The monoisotopic (exact) mass is 400 g/mol. The molecule has 27 heavy (non-hydrogen) atoms. The van der Waals surface area contributed by atoms with Crippen molar-refractivity contribution in [3.63, 3.8) is 0 Å². The standard InChI is InChI=1S/C18H20N6OS2/c1-3-24-17(12-7-8-26-9-12)21-22-18(24)27-10-15(25)20-14-6-4-5-13-16(14)23(2)11-19-13/h4-8,11-12H,3,9-10H2,1-2H3,(H,20,25). The van der Waals surface area contributed by atoms with Gasteiger partial charge in [-0.25, -0.2) is 4.98 Å². The highest BCUT2D eigenvalue weighted by Gasteiger charge is 2.21. The quantitative estimate of drug-likeness (QED) is 0.640. The molecule has 4 rings (SSSR count). The number of fused-ring (bicyclic) bond motifs is 1. The van der Waals surface area contributed by atoms with Crippen molar-refractivity contribution in [3.8, 4) is 0 Å². The molecule has 1 aromatic carbocycles. The van der Waals surface area contributed by atoms with Gasteiger partial charge in [-0.2, -0.15) is 0 Å². The van der Waals surface area contributed by atoms with Crippen LogP contribution in [0.4, 0.5) is 5.69 Å². The number of benzene rings is 1. The molecule has 0 fully saturated rings. The average Bonchev–Trinajstić information content (AvgIpc) is 3.40. The number of para-hydroxylation sites is 1. The molecular weight excluding hydrogens is 380 g/mol. The molecule has 1 amide bonds. The minimum absolute atomic E-state index is 0.0720. The maximum absolute atomic E-state index is 12.5. The number of nitrogens with zero attached hydrogens (tertiary/aromatic N) is 5. The molecule has 9 heteroatoms. The fourth-order valence-electron chi connectivity index (χ4n) is 3.13. The van der Waals surface area contributed by atoms with Gasteiger partial charge in [-0.1, -0.05) is 23.9 Å². The van der Waals surface area contributed by atoms with E-state index in [1.165, 1.54) is 11.8 Å². The van der Waals surface area contributed by atoms with Gasteiger partial charge in [-0.05, 0) is 24.5 Å². The maximum atomic E-state index is 12.5. The van der Waals surface area contributed by atoms with Crippen LogP contribution >= 0.6 is 23.5 Å². The van der Waals surface area contributed by atoms with Crippen LogP contribution < -0.4 is 5.32 Å². The number of hydrogen-bond acceptors (Lipinski definition) is 6. The number of imidazole rings is 1. The Hall–Kier alpha value is -2.26. The Balaban J connectivity index is 1.45. The fourth-order valence-corrected chi connectivity index (χ4v) is 4.82. The first kappa shape index (κ1) is 18.1. The summed E-state index contributed by atoms with van der Waals surface area (Å²) in [6, 6.07) is 5.72. The molecule has 7 nitrogen and oxygen atoms in total. The lowest BCUT2D eigenvalue weighted by molar-refractivity contribution is -0.113. The predicted octanol–water partition coefficient (Wildman–Crippen LogP) is 3.26. The van der Waals surface area contributed by atoms with Gasteiger partial charge in [0.2, 0.25) is 5.91 Å². The van der Waals surface area contributed by atoms with E-state index in [1.807, 2.05) is 29.8 Å². The number of nitrogens with one attached hydrogen (secondary N) is 1. The first-order valence-corrected chi connectivity index (χ1v) is 10.7. The van der Waals surface area contributed by atoms with E-state index in [9.17, 15) is 4.79 Å². The number of hydrogen-bond donors (Lipinski definition) is 1. The number of carbonyl (C=O) groups is 1. The number of thioether (sulfide) groups is 2. The SMILES string of the molecule is CCn1c(SCC(=O)Nc2cccc3ncn(C)c23)nnc1C1C=CSC1. The smallest absolute Gasteiger partial charge is 0.234 e. The molecule has 140 valence electrons. The van der Waals surface area contributed by atoms with E-state index in [1.54, 1.807) is 18.1 Å². The van der Waals surface area contributed by atoms with Crippen LogP contribution in [-0.2, 0) is 18.4 Å². The molecule has 1 aliphatic heterocycles. The molecule has 1 unspecified atom stereocenters. The topological polar surface area (TPSA) is 77.6 Å². The van der Waals surface area contributed by atoms with Crippen molar-refractivity contribution in [2.24, 2.45) is 7.05 Å². The van der Waals surface area contributed by atoms with Gasteiger partial charge in [0.15, 0.2) is 5.16 Å². The van der Waals surface area contributed by atoms with Crippen LogP contribution in [0.5, 0.6) is 0 Å². The molecule has 1 atom stereocenters. The third kappa shape index (κ3) is 3.61. The summed E-state index contributed by atoms with van der Waals surface area (Å²) in [5.74, 6) is 2.48. The van der Waals surface area contributed by atoms with E-state index in [4.69, 9.17) is 0 Å². The van der Waals surface area contributed by atoms with Crippen molar-refractivity contribution < 1.29 is 4.79 Å². The number of amides is 1. The van der Waals surface area contributed by atoms with Crippen LogP contribution in [0.1, 0.15) is 18.7 Å². The summed E-state index contributed by atoms with van der Waals surface area (Å²) in [5.41, 5.74) is 2.55. The highest BCUT2D eigenvalue weighted by molar-refractivity contribution is 8.02. The lowest BCUT2D eigenvalue weighted by atomic mass is 10.2. The van der Waals surface area contributed by atoms with Crippen LogP contribution in [0.3, 0.4) is 0 Å². The Kier molecular flexibility index (Phi) is 5.22. The second kappa shape index (κ2) is 7.77. The van der Waals surface area contributed by atoms with Gasteiger partial charge in [-0.15, -0.1) is 22.0 Å². The number of aryl methyl sites for hydroxylation is 1. The number of aromatic nitrogens is 5. The minimum atomic E-state index is -0.0720. The number of carbonyl (C=O) groups excluding carboxylic acids is 1. The van der Waals surface area contributed by atoms with Crippen molar-refractivity contribution in [3.05, 3.63) is 41.8 Å². The zero-order chi connectivity index (χ0) is 18.8. The lowest BCUT2D eigenvalue weighted by Crippen LogP contribution is -2.15. The molecule has 0 bridgehead atoms. The first-order valence-electron chi connectivity index (χ1n) is 8.71. The van der Waals surface area contributed by atoms with Crippen LogP contribution in [0.15, 0.2) is 41.2 Å². The molecule has 0 saturated carbocycles. The number of anilines is 1. The summed E-state index contributed by atoms with van der Waals surface area (Å²) < 4.78 is 4.01. The van der Waals surface area contributed by atoms with Crippen LogP contribution in [0, 0.1) is 0 Å². The van der Waals surface area contributed by atoms with Crippen LogP contribution in [0.25, 0.3) is 11.0 Å². The molecule has 3 aromatic rings. The normalized spacial score (nSPS) is 16.3. The summed E-state index contributed by atoms with van der Waals surface area (Å²) in [6.45, 7) is 2.86. The second-order valence-electron chi connectivity index (χ2n) is 6.22. The van der Waals surface area contributed by atoms with E-state index in [-0.39, 0.29) is 11.7 Å². The Bertz CT molecular complexity index is 1010. The van der Waals surface area contributed by atoms with Crippen molar-refractivity contribution in [2.45, 2.75) is 24.5 Å². The Labute approximate surface area is 165 Å². The number of rotatable bonds is 6. The van der Waals surface area contributed by atoms with Gasteiger partial charge < -0.3 is 14.5 Å². The van der Waals surface area contributed by atoms with Gasteiger partial charge >= 0.3 is 0 Å². The second-order valence-corrected chi connectivity index (χ2v) is 8.10. The highest BCUT2D eigenvalue weighted by Crippen LogP contribution is 2.30. The van der Waals surface area contributed by atoms with Crippen molar-refractivity contribution in [1.82, 2.24) is 24.3 Å². The molecule has 0 saturated heterocycles. The Morgan fingerprint density at radius 3 is 3.07 bits per heavy atom. The summed E-state index contributed by atoms with van der Waals surface area (Å²) >= 11 is 3.20. The highest BCUT2D eigenvalue weighted by atomic mass is 32.2. The lowest BCUT2D eigenvalue weighted by Gasteiger charge is -2.11. The maximum Gasteiger partial charge on any atom is 0.234 e. The van der Waals surface area contributed by atoms with Crippen molar-refractivity contribution in [2.75, 3.05) is 16.8 Å². The third-order valence-corrected chi connectivity index (χ3v) is 6.29. The molecule has 1 N–H and O–H groups in total. The number of allylic oxidation sites excluding steroid dienone is 1. The Morgan fingerprint density at radius 1 is 1.41 bits per heavy atom. The zero-order valence-corrected chi connectivity index (χ0v) is 16.8. The van der Waals surface area contributed by atoms with Gasteiger partial charge in [-0.3, -0.25) is 4.79 Å². The summed E-state index contributed by atoms with van der Waals surface area (Å²) in [7, 11) is 1.92. The molecule has 0 spiro atoms. The molecular formula is C18H20N6OS2. The van der Waals surface area contributed by atoms with E-state index in [0.717, 1.165) is 40.0 Å². The Morgan fingerprint density at radius 2 is 2.30 bits per heavy atom. The van der Waals surface area contributed by atoms with Gasteiger partial charge in [0, 0.05) is 25.3 Å². The average molecular weight is 401 g/mol. The van der Waals surface area contributed by atoms with Gasteiger partial charge in [0.05, 0.1) is 28.8 Å². The summed E-state index contributed by atoms with van der Waals surface area (Å²) in [4.78, 5) is 16.8. The molecule has 0 radical (unpaired) electrons. The molecule has 0 aliphatic carbocycles. The van der Waals surface area contributed by atoms with Gasteiger partial charge in [0.25, 0.3) is 0 Å². The summed E-state index contributed by atoms with van der Waals surface area (Å²) in [6.07, 6.45) is 3.91. The van der Waals surface area contributed by atoms with E-state index in [0.29, 0.717) is 5.92 Å². The van der Waals surface area contributed by atoms with Crippen LogP contribution in [-0.4, -0.2) is 41.7 Å². The fraction of sp³-hybridized carbons (Fsp3) is 0.333. The van der Waals surface area contributed by atoms with Crippen LogP contribution in [0.2, 0.25) is 0 Å². The third-order valence-electron chi connectivity index (χ3n) is 4.42. The largest absolute Gasteiger partial charge is 0.332 e. The minimum Gasteiger partial charge on any atom is -0.332 e. The van der Waals surface area contributed by atoms with Crippen molar-refractivity contribution >= 4 is 46.2 Å². The molecule has 2 aromatic heterocycles. The zero-order valence-electron chi connectivity index (χ0n) is 15.1. The first-order chi connectivity index (χ1) is 13.2. The van der Waals surface area contributed by atoms with E-state index < -0.39 is 0 Å². The molecule has 3 heterocycles. The predicted molar refractivity (Wildman–Crippen MR) is 110 cm³/mol. The van der Waals surface area contributed by atoms with Gasteiger partial charge in [0.1, 0.15) is 5.82 Å². The van der Waals surface area contributed by atoms with Crippen molar-refractivity contribution in [1.29, 1.82) is 0 Å². The molecule has 1 aliphatic rings. The van der Waals surface area contributed by atoms with E-state index >= 15 is 0 Å². The summed E-state index contributed by atoms with van der Waals surface area (Å²) in [5, 5.41) is 14.5.